The molecule has 0 unspecified atom stereocenters. The van der Waals surface area contributed by atoms with Crippen molar-refractivity contribution in [2.75, 3.05) is 26.2 Å². The molecule has 4 rings (SSSR count). The lowest BCUT2D eigenvalue weighted by atomic mass is 10.1. The second kappa shape index (κ2) is 6.94. The molecule has 2 aromatic rings. The maximum absolute atomic E-state index is 12.9. The summed E-state index contributed by atoms with van der Waals surface area (Å²) < 4.78 is 0. The Kier molecular flexibility index (Phi) is 4.70. The Morgan fingerprint density at radius 3 is 2.62 bits per heavy atom. The molecule has 0 N–H and O–H groups in total. The monoisotopic (exact) mass is 361 g/mol. The molecule has 1 aliphatic heterocycles. The van der Waals surface area contributed by atoms with E-state index in [1.807, 2.05) is 11.8 Å². The fourth-order valence-electron chi connectivity index (χ4n) is 3.81. The van der Waals surface area contributed by atoms with Crippen LogP contribution in [0.25, 0.3) is 10.6 Å². The highest BCUT2D eigenvalue weighted by Crippen LogP contribution is 2.31. The Morgan fingerprint density at radius 1 is 1.21 bits per heavy atom. The predicted molar refractivity (Wildman–Crippen MR) is 99.9 cm³/mol. The summed E-state index contributed by atoms with van der Waals surface area (Å²) in [6.45, 7) is 5.69. The number of aryl methyl sites for hydroxylation is 1. The molecule has 0 bridgehead atoms. The molecule has 2 aliphatic rings. The van der Waals surface area contributed by atoms with E-state index < -0.39 is 0 Å². The Balaban J connectivity index is 1.43. The molecule has 0 spiro atoms. The molecule has 4 nitrogen and oxygen atoms in total. The summed E-state index contributed by atoms with van der Waals surface area (Å²) >= 11 is 3.20. The van der Waals surface area contributed by atoms with Crippen LogP contribution in [-0.2, 0) is 0 Å². The van der Waals surface area contributed by atoms with Crippen LogP contribution >= 0.6 is 22.7 Å². The second-order valence-corrected chi connectivity index (χ2v) is 8.49. The van der Waals surface area contributed by atoms with Crippen LogP contribution in [-0.4, -0.2) is 52.9 Å². The van der Waals surface area contributed by atoms with E-state index in [-0.39, 0.29) is 5.91 Å². The molecule has 0 radical (unpaired) electrons. The van der Waals surface area contributed by atoms with Crippen molar-refractivity contribution in [1.82, 2.24) is 14.8 Å². The third-order valence-electron chi connectivity index (χ3n) is 5.20. The summed E-state index contributed by atoms with van der Waals surface area (Å²) in [6.07, 6.45) is 5.42. The number of carbonyl (C=O) groups is 1. The van der Waals surface area contributed by atoms with Gasteiger partial charge >= 0.3 is 0 Å². The maximum atomic E-state index is 12.9. The van der Waals surface area contributed by atoms with Gasteiger partial charge in [0, 0.05) is 43.2 Å². The summed E-state index contributed by atoms with van der Waals surface area (Å²) in [7, 11) is 0. The molecule has 1 saturated carbocycles. The standard InChI is InChI=1S/C18H23N3OS2/c1-13-16(24-17(19-13)14-6-11-23-12-14)18(22)21-9-7-20(8-10-21)15-4-2-3-5-15/h6,11-12,15H,2-5,7-10H2,1H3. The molecular formula is C18H23N3OS2. The number of aromatic nitrogens is 1. The summed E-state index contributed by atoms with van der Waals surface area (Å²) in [6, 6.07) is 2.83. The van der Waals surface area contributed by atoms with Gasteiger partial charge in [-0.15, -0.1) is 11.3 Å². The van der Waals surface area contributed by atoms with E-state index in [0.717, 1.165) is 53.4 Å². The maximum Gasteiger partial charge on any atom is 0.265 e. The van der Waals surface area contributed by atoms with Crippen LogP contribution in [0.5, 0.6) is 0 Å². The largest absolute Gasteiger partial charge is 0.335 e. The molecule has 128 valence electrons. The lowest BCUT2D eigenvalue weighted by Gasteiger charge is -2.37. The van der Waals surface area contributed by atoms with Gasteiger partial charge in [0.2, 0.25) is 0 Å². The molecule has 2 fully saturated rings. The first-order chi connectivity index (χ1) is 11.7. The van der Waals surface area contributed by atoms with Gasteiger partial charge in [-0.25, -0.2) is 4.98 Å². The number of hydrogen-bond acceptors (Lipinski definition) is 5. The zero-order valence-corrected chi connectivity index (χ0v) is 15.7. The number of piperazine rings is 1. The highest BCUT2D eigenvalue weighted by molar-refractivity contribution is 7.17. The van der Waals surface area contributed by atoms with E-state index in [9.17, 15) is 4.79 Å². The van der Waals surface area contributed by atoms with Crippen molar-refractivity contribution in [3.8, 4) is 10.6 Å². The van der Waals surface area contributed by atoms with Crippen LogP contribution < -0.4 is 0 Å². The van der Waals surface area contributed by atoms with Gasteiger partial charge in [0.1, 0.15) is 9.88 Å². The number of rotatable bonds is 3. The first-order valence-corrected chi connectivity index (χ1v) is 10.5. The number of amides is 1. The minimum Gasteiger partial charge on any atom is -0.335 e. The third-order valence-corrected chi connectivity index (χ3v) is 7.08. The fraction of sp³-hybridized carbons (Fsp3) is 0.556. The minimum absolute atomic E-state index is 0.164. The Labute approximate surface area is 151 Å². The highest BCUT2D eigenvalue weighted by atomic mass is 32.1. The van der Waals surface area contributed by atoms with E-state index in [1.54, 1.807) is 11.3 Å². The van der Waals surface area contributed by atoms with Gasteiger partial charge in [-0.05, 0) is 31.2 Å². The SMILES string of the molecule is Cc1nc(-c2ccsc2)sc1C(=O)N1CCN(C2CCCC2)CC1. The second-order valence-electron chi connectivity index (χ2n) is 6.71. The first kappa shape index (κ1) is 16.2. The quantitative estimate of drug-likeness (QED) is 0.832. The lowest BCUT2D eigenvalue weighted by Crippen LogP contribution is -2.51. The first-order valence-electron chi connectivity index (χ1n) is 8.75. The summed E-state index contributed by atoms with van der Waals surface area (Å²) in [5.74, 6) is 0.164. The number of hydrogen-bond donors (Lipinski definition) is 0. The average molecular weight is 362 g/mol. The molecule has 0 atom stereocenters. The van der Waals surface area contributed by atoms with Crippen LogP contribution in [0.4, 0.5) is 0 Å². The van der Waals surface area contributed by atoms with Crippen molar-refractivity contribution in [1.29, 1.82) is 0 Å². The van der Waals surface area contributed by atoms with Crippen molar-refractivity contribution >= 4 is 28.6 Å². The van der Waals surface area contributed by atoms with Crippen molar-refractivity contribution in [3.05, 3.63) is 27.4 Å². The van der Waals surface area contributed by atoms with Crippen LogP contribution in [0.2, 0.25) is 0 Å². The van der Waals surface area contributed by atoms with E-state index in [1.165, 1.54) is 37.0 Å². The molecule has 6 heteroatoms. The summed E-state index contributed by atoms with van der Waals surface area (Å²) in [5.41, 5.74) is 1.99. The van der Waals surface area contributed by atoms with Gasteiger partial charge in [0.25, 0.3) is 5.91 Å². The molecule has 24 heavy (non-hydrogen) atoms. The van der Waals surface area contributed by atoms with Crippen LogP contribution in [0.3, 0.4) is 0 Å². The number of thiazole rings is 1. The van der Waals surface area contributed by atoms with E-state index in [0.29, 0.717) is 0 Å². The third kappa shape index (κ3) is 3.15. The Morgan fingerprint density at radius 2 is 1.96 bits per heavy atom. The van der Waals surface area contributed by atoms with Gasteiger partial charge in [-0.3, -0.25) is 9.69 Å². The molecule has 1 saturated heterocycles. The number of thiophene rings is 1. The van der Waals surface area contributed by atoms with Crippen LogP contribution in [0.15, 0.2) is 16.8 Å². The lowest BCUT2D eigenvalue weighted by molar-refractivity contribution is 0.0577. The van der Waals surface area contributed by atoms with Crippen molar-refractivity contribution in [2.45, 2.75) is 38.6 Å². The average Bonchev–Trinajstić information content (AvgIpc) is 3.35. The van der Waals surface area contributed by atoms with E-state index >= 15 is 0 Å². The minimum atomic E-state index is 0.164. The smallest absolute Gasteiger partial charge is 0.265 e. The zero-order valence-electron chi connectivity index (χ0n) is 14.0. The molecular weight excluding hydrogens is 338 g/mol. The highest BCUT2D eigenvalue weighted by Gasteiger charge is 2.29. The number of carbonyl (C=O) groups excluding carboxylic acids is 1. The van der Waals surface area contributed by atoms with Crippen LogP contribution in [0.1, 0.15) is 41.0 Å². The van der Waals surface area contributed by atoms with Gasteiger partial charge in [0.05, 0.1) is 5.69 Å². The van der Waals surface area contributed by atoms with Gasteiger partial charge in [-0.1, -0.05) is 12.8 Å². The Hall–Kier alpha value is -1.24. The van der Waals surface area contributed by atoms with Crippen molar-refractivity contribution < 1.29 is 4.79 Å². The number of nitrogens with zero attached hydrogens (tertiary/aromatic N) is 3. The predicted octanol–water partition coefficient (Wildman–Crippen LogP) is 3.88. The van der Waals surface area contributed by atoms with Crippen molar-refractivity contribution in [2.24, 2.45) is 0 Å². The van der Waals surface area contributed by atoms with Crippen LogP contribution in [0, 0.1) is 6.92 Å². The fourth-order valence-corrected chi connectivity index (χ4v) is 5.55. The molecule has 2 aromatic heterocycles. The normalized spacial score (nSPS) is 20.0. The molecule has 1 aliphatic carbocycles. The summed E-state index contributed by atoms with van der Waals surface area (Å²) in [5, 5.41) is 5.10. The molecule has 1 amide bonds. The van der Waals surface area contributed by atoms with Gasteiger partial charge in [0.15, 0.2) is 0 Å². The van der Waals surface area contributed by atoms with E-state index in [4.69, 9.17) is 0 Å². The van der Waals surface area contributed by atoms with Gasteiger partial charge in [-0.2, -0.15) is 11.3 Å². The Bertz CT molecular complexity index is 696. The molecule has 3 heterocycles. The summed E-state index contributed by atoms with van der Waals surface area (Å²) in [4.78, 5) is 22.9. The van der Waals surface area contributed by atoms with Gasteiger partial charge < -0.3 is 4.90 Å². The van der Waals surface area contributed by atoms with Crippen molar-refractivity contribution in [3.63, 3.8) is 0 Å². The topological polar surface area (TPSA) is 36.4 Å². The molecule has 0 aromatic carbocycles. The van der Waals surface area contributed by atoms with E-state index in [2.05, 4.69) is 26.7 Å². The zero-order chi connectivity index (χ0) is 16.5.